The number of rotatable bonds is 3. The molecule has 1 aromatic rings. The predicted octanol–water partition coefficient (Wildman–Crippen LogP) is 2.28. The van der Waals surface area contributed by atoms with Gasteiger partial charge in [0.15, 0.2) is 11.5 Å². The van der Waals surface area contributed by atoms with Gasteiger partial charge in [-0.25, -0.2) is 0 Å². The lowest BCUT2D eigenvalue weighted by Crippen LogP contribution is -1.95. The third kappa shape index (κ3) is 1.91. The maximum atomic E-state index is 5.34. The molecule has 0 atom stereocenters. The molecule has 0 saturated carbocycles. The Bertz CT molecular complexity index is 256. The van der Waals surface area contributed by atoms with Gasteiger partial charge in [0.25, 0.3) is 0 Å². The summed E-state index contributed by atoms with van der Waals surface area (Å²) >= 11 is 0. The molecule has 1 rings (SSSR count). The first kappa shape index (κ1) is 8.91. The second-order valence-corrected chi connectivity index (χ2v) is 2.42. The van der Waals surface area contributed by atoms with Gasteiger partial charge in [0.2, 0.25) is 0 Å². The third-order valence-corrected chi connectivity index (χ3v) is 1.53. The Hall–Kier alpha value is -1.18. The van der Waals surface area contributed by atoms with Crippen molar-refractivity contribution in [2.24, 2.45) is 0 Å². The molecule has 2 nitrogen and oxygen atoms in total. The van der Waals surface area contributed by atoms with E-state index in [1.165, 1.54) is 0 Å². The fourth-order valence-corrected chi connectivity index (χ4v) is 0.989. The van der Waals surface area contributed by atoms with E-state index in [0.29, 0.717) is 6.61 Å². The van der Waals surface area contributed by atoms with E-state index >= 15 is 0 Å². The Labute approximate surface area is 73.1 Å². The molecular formula is C10H13O2. The van der Waals surface area contributed by atoms with Crippen LogP contribution in [0.4, 0.5) is 0 Å². The zero-order valence-corrected chi connectivity index (χ0v) is 7.46. The molecule has 1 aromatic carbocycles. The Balaban J connectivity index is 2.95. The molecule has 0 N–H and O–H groups in total. The van der Waals surface area contributed by atoms with Crippen molar-refractivity contribution in [3.8, 4) is 11.5 Å². The van der Waals surface area contributed by atoms with Crippen molar-refractivity contribution < 1.29 is 9.47 Å². The summed E-state index contributed by atoms with van der Waals surface area (Å²) in [6, 6.07) is 5.61. The van der Waals surface area contributed by atoms with Gasteiger partial charge >= 0.3 is 0 Å². The molecule has 0 bridgehead atoms. The van der Waals surface area contributed by atoms with Crippen LogP contribution in [0.5, 0.6) is 11.5 Å². The van der Waals surface area contributed by atoms with E-state index in [1.807, 2.05) is 25.1 Å². The monoisotopic (exact) mass is 165 g/mol. The highest BCUT2D eigenvalue weighted by Crippen LogP contribution is 2.27. The summed E-state index contributed by atoms with van der Waals surface area (Å²) in [6.07, 6.45) is 0. The van der Waals surface area contributed by atoms with Gasteiger partial charge in [-0.3, -0.25) is 0 Å². The maximum Gasteiger partial charge on any atom is 0.161 e. The summed E-state index contributed by atoms with van der Waals surface area (Å²) < 4.78 is 10.4. The van der Waals surface area contributed by atoms with Crippen LogP contribution >= 0.6 is 0 Å². The molecule has 65 valence electrons. The van der Waals surface area contributed by atoms with Crippen molar-refractivity contribution in [3.63, 3.8) is 0 Å². The second kappa shape index (κ2) is 4.00. The number of benzene rings is 1. The van der Waals surface area contributed by atoms with Gasteiger partial charge in [0.1, 0.15) is 0 Å². The molecule has 0 unspecified atom stereocenters. The summed E-state index contributed by atoms with van der Waals surface area (Å²) in [4.78, 5) is 0. The number of hydrogen-bond donors (Lipinski definition) is 0. The summed E-state index contributed by atoms with van der Waals surface area (Å²) in [5.74, 6) is 1.51. The average Bonchev–Trinajstić information content (AvgIpc) is 2.05. The largest absolute Gasteiger partial charge is 0.493 e. The van der Waals surface area contributed by atoms with E-state index < -0.39 is 0 Å². The molecule has 0 heterocycles. The Morgan fingerprint density at radius 1 is 1.33 bits per heavy atom. The number of hydrogen-bond acceptors (Lipinski definition) is 2. The first-order valence-corrected chi connectivity index (χ1v) is 3.90. The van der Waals surface area contributed by atoms with Crippen molar-refractivity contribution in [3.05, 3.63) is 30.7 Å². The smallest absolute Gasteiger partial charge is 0.161 e. The van der Waals surface area contributed by atoms with Crippen LogP contribution in [-0.4, -0.2) is 13.7 Å². The quantitative estimate of drug-likeness (QED) is 0.684. The maximum absolute atomic E-state index is 5.34. The lowest BCUT2D eigenvalue weighted by atomic mass is 10.2. The predicted molar refractivity (Wildman–Crippen MR) is 48.6 cm³/mol. The Morgan fingerprint density at radius 2 is 2.08 bits per heavy atom. The molecule has 1 radical (unpaired) electrons. The molecule has 12 heavy (non-hydrogen) atoms. The van der Waals surface area contributed by atoms with Crippen molar-refractivity contribution in [1.82, 2.24) is 0 Å². The highest BCUT2D eigenvalue weighted by Gasteiger charge is 2.01. The molecule has 0 amide bonds. The van der Waals surface area contributed by atoms with E-state index in [2.05, 4.69) is 6.92 Å². The van der Waals surface area contributed by atoms with Crippen LogP contribution in [0.1, 0.15) is 12.5 Å². The van der Waals surface area contributed by atoms with Crippen LogP contribution in [0.3, 0.4) is 0 Å². The molecule has 0 aliphatic carbocycles. The van der Waals surface area contributed by atoms with Crippen LogP contribution in [0.2, 0.25) is 0 Å². The molecule has 0 fully saturated rings. The van der Waals surface area contributed by atoms with E-state index in [9.17, 15) is 0 Å². The summed E-state index contributed by atoms with van der Waals surface area (Å²) in [5, 5.41) is 0. The zero-order valence-electron chi connectivity index (χ0n) is 7.46. The van der Waals surface area contributed by atoms with Gasteiger partial charge in [-0.15, -0.1) is 0 Å². The first-order chi connectivity index (χ1) is 5.77. The average molecular weight is 165 g/mol. The van der Waals surface area contributed by atoms with Crippen molar-refractivity contribution in [2.75, 3.05) is 13.7 Å². The lowest BCUT2D eigenvalue weighted by molar-refractivity contribution is 0.311. The SMILES string of the molecule is [CH2]c1ccc(OC)c(OCC)c1. The Kier molecular flexibility index (Phi) is 2.97. The highest BCUT2D eigenvalue weighted by atomic mass is 16.5. The summed E-state index contributed by atoms with van der Waals surface area (Å²) in [6.45, 7) is 6.38. The second-order valence-electron chi connectivity index (χ2n) is 2.42. The molecule has 0 saturated heterocycles. The summed E-state index contributed by atoms with van der Waals surface area (Å²) in [7, 11) is 1.63. The van der Waals surface area contributed by atoms with Gasteiger partial charge in [-0.2, -0.15) is 0 Å². The van der Waals surface area contributed by atoms with Crippen LogP contribution in [0.15, 0.2) is 18.2 Å². The molecule has 0 spiro atoms. The Morgan fingerprint density at radius 3 is 2.67 bits per heavy atom. The van der Waals surface area contributed by atoms with Crippen LogP contribution < -0.4 is 9.47 Å². The minimum Gasteiger partial charge on any atom is -0.493 e. The summed E-state index contributed by atoms with van der Waals surface area (Å²) in [5.41, 5.74) is 0.930. The van der Waals surface area contributed by atoms with Crippen molar-refractivity contribution in [1.29, 1.82) is 0 Å². The van der Waals surface area contributed by atoms with Crippen LogP contribution in [0.25, 0.3) is 0 Å². The molecule has 0 aliphatic heterocycles. The molecule has 0 aromatic heterocycles. The number of methoxy groups -OCH3 is 1. The van der Waals surface area contributed by atoms with Crippen molar-refractivity contribution >= 4 is 0 Å². The molecule has 0 aliphatic rings. The molecular weight excluding hydrogens is 152 g/mol. The van der Waals surface area contributed by atoms with E-state index in [-0.39, 0.29) is 0 Å². The fourth-order valence-electron chi connectivity index (χ4n) is 0.989. The van der Waals surface area contributed by atoms with Gasteiger partial charge in [-0.05, 0) is 31.5 Å². The minimum absolute atomic E-state index is 0.639. The van der Waals surface area contributed by atoms with E-state index in [4.69, 9.17) is 9.47 Å². The normalized spacial score (nSPS) is 9.58. The zero-order chi connectivity index (χ0) is 8.97. The number of ether oxygens (including phenoxy) is 2. The standard InChI is InChI=1S/C10H13O2/c1-4-12-10-7-8(2)5-6-9(10)11-3/h5-7H,2,4H2,1,3H3. The first-order valence-electron chi connectivity index (χ1n) is 3.90. The third-order valence-electron chi connectivity index (χ3n) is 1.53. The lowest BCUT2D eigenvalue weighted by Gasteiger charge is -2.08. The topological polar surface area (TPSA) is 18.5 Å². The van der Waals surface area contributed by atoms with E-state index in [0.717, 1.165) is 17.1 Å². The van der Waals surface area contributed by atoms with E-state index in [1.54, 1.807) is 7.11 Å². The van der Waals surface area contributed by atoms with Crippen LogP contribution in [0, 0.1) is 6.92 Å². The van der Waals surface area contributed by atoms with Crippen LogP contribution in [-0.2, 0) is 0 Å². The van der Waals surface area contributed by atoms with Crippen molar-refractivity contribution in [2.45, 2.75) is 6.92 Å². The minimum atomic E-state index is 0.639. The highest BCUT2D eigenvalue weighted by molar-refractivity contribution is 5.43. The van der Waals surface area contributed by atoms with Gasteiger partial charge in [0.05, 0.1) is 13.7 Å². The van der Waals surface area contributed by atoms with Gasteiger partial charge in [-0.1, -0.05) is 6.07 Å². The van der Waals surface area contributed by atoms with Gasteiger partial charge < -0.3 is 9.47 Å². The van der Waals surface area contributed by atoms with Gasteiger partial charge in [0, 0.05) is 0 Å². The molecule has 2 heteroatoms. The fraction of sp³-hybridized carbons (Fsp3) is 0.300.